The fourth-order valence-electron chi connectivity index (χ4n) is 3.72. The number of benzene rings is 1. The Hall–Kier alpha value is -1.85. The van der Waals surface area contributed by atoms with Gasteiger partial charge in [-0.05, 0) is 17.7 Å². The Kier molecular flexibility index (Phi) is 3.39. The van der Waals surface area contributed by atoms with Crippen molar-refractivity contribution in [3.63, 3.8) is 0 Å². The molecule has 0 spiro atoms. The lowest BCUT2D eigenvalue weighted by Crippen LogP contribution is -2.63. The summed E-state index contributed by atoms with van der Waals surface area (Å²) in [5.41, 5.74) is 2.62. The van der Waals surface area contributed by atoms with E-state index in [0.717, 1.165) is 39.3 Å². The van der Waals surface area contributed by atoms with Crippen molar-refractivity contribution in [3.8, 4) is 0 Å². The third-order valence-electron chi connectivity index (χ3n) is 4.99. The number of hydrogen-bond donors (Lipinski definition) is 1. The molecule has 3 heterocycles. The van der Waals surface area contributed by atoms with Crippen LogP contribution in [0.25, 0.3) is 10.9 Å². The van der Waals surface area contributed by atoms with Crippen LogP contribution < -0.4 is 5.32 Å². The molecule has 4 rings (SSSR count). The lowest BCUT2D eigenvalue weighted by Gasteiger charge is -2.43. The largest absolute Gasteiger partial charge is 0.353 e. The van der Waals surface area contributed by atoms with Gasteiger partial charge in [0.25, 0.3) is 0 Å². The SMILES string of the molecule is Cn1ccc2c(CN3CCN4CCNC(=O)C4C3)cccc21. The topological polar surface area (TPSA) is 40.5 Å². The van der Waals surface area contributed by atoms with Crippen molar-refractivity contribution < 1.29 is 4.79 Å². The lowest BCUT2D eigenvalue weighted by atomic mass is 10.1. The van der Waals surface area contributed by atoms with Gasteiger partial charge in [-0.1, -0.05) is 12.1 Å². The second-order valence-corrected chi connectivity index (χ2v) is 6.35. The summed E-state index contributed by atoms with van der Waals surface area (Å²) in [6, 6.07) is 8.70. The first-order valence-corrected chi connectivity index (χ1v) is 7.99. The van der Waals surface area contributed by atoms with Crippen LogP contribution in [0.2, 0.25) is 0 Å². The molecule has 1 aromatic carbocycles. The number of nitrogens with one attached hydrogen (secondary N) is 1. The van der Waals surface area contributed by atoms with Gasteiger partial charge in [0, 0.05) is 63.4 Å². The Labute approximate surface area is 130 Å². The van der Waals surface area contributed by atoms with Gasteiger partial charge in [-0.25, -0.2) is 0 Å². The summed E-state index contributed by atoms with van der Waals surface area (Å²) in [6.45, 7) is 5.54. The van der Waals surface area contributed by atoms with Crippen LogP contribution in [0.15, 0.2) is 30.5 Å². The minimum atomic E-state index is 0.0254. The summed E-state index contributed by atoms with van der Waals surface area (Å²) in [4.78, 5) is 16.8. The second kappa shape index (κ2) is 5.41. The molecule has 5 nitrogen and oxygen atoms in total. The van der Waals surface area contributed by atoms with E-state index >= 15 is 0 Å². The summed E-state index contributed by atoms with van der Waals surface area (Å²) >= 11 is 0. The van der Waals surface area contributed by atoms with E-state index in [1.807, 2.05) is 0 Å². The number of hydrogen-bond acceptors (Lipinski definition) is 3. The standard InChI is InChI=1S/C17H22N4O/c1-19-7-5-14-13(3-2-4-15(14)19)11-20-9-10-21-8-6-18-17(22)16(21)12-20/h2-5,7,16H,6,8-12H2,1H3,(H,18,22). The number of amides is 1. The molecule has 1 atom stereocenters. The zero-order valence-corrected chi connectivity index (χ0v) is 13.0. The highest BCUT2D eigenvalue weighted by atomic mass is 16.2. The number of rotatable bonds is 2. The first-order valence-electron chi connectivity index (χ1n) is 7.99. The molecule has 1 N–H and O–H groups in total. The predicted octanol–water partition coefficient (Wildman–Crippen LogP) is 0.794. The predicted molar refractivity (Wildman–Crippen MR) is 86.6 cm³/mol. The van der Waals surface area contributed by atoms with Crippen LogP contribution in [0.4, 0.5) is 0 Å². The van der Waals surface area contributed by atoms with Gasteiger partial charge in [0.05, 0.1) is 0 Å². The van der Waals surface area contributed by atoms with Crippen LogP contribution in [-0.4, -0.2) is 59.0 Å². The van der Waals surface area contributed by atoms with Crippen molar-refractivity contribution in [2.75, 3.05) is 32.7 Å². The molecular weight excluding hydrogens is 276 g/mol. The monoisotopic (exact) mass is 298 g/mol. The van der Waals surface area contributed by atoms with Gasteiger partial charge in [0.2, 0.25) is 5.91 Å². The number of aryl methyl sites for hydroxylation is 1. The van der Waals surface area contributed by atoms with E-state index in [-0.39, 0.29) is 11.9 Å². The maximum atomic E-state index is 12.1. The Morgan fingerprint density at radius 1 is 1.23 bits per heavy atom. The zero-order chi connectivity index (χ0) is 15.1. The molecule has 2 fully saturated rings. The Balaban J connectivity index is 1.54. The van der Waals surface area contributed by atoms with Gasteiger partial charge in [0.15, 0.2) is 0 Å². The smallest absolute Gasteiger partial charge is 0.238 e. The highest BCUT2D eigenvalue weighted by Gasteiger charge is 2.34. The van der Waals surface area contributed by atoms with Gasteiger partial charge in [-0.15, -0.1) is 0 Å². The van der Waals surface area contributed by atoms with Crippen molar-refractivity contribution in [1.82, 2.24) is 19.7 Å². The van der Waals surface area contributed by atoms with Crippen LogP contribution in [0, 0.1) is 0 Å². The summed E-state index contributed by atoms with van der Waals surface area (Å²) in [7, 11) is 2.08. The van der Waals surface area contributed by atoms with Crippen LogP contribution in [0.5, 0.6) is 0 Å². The van der Waals surface area contributed by atoms with Gasteiger partial charge in [0.1, 0.15) is 6.04 Å². The van der Waals surface area contributed by atoms with E-state index in [4.69, 9.17) is 0 Å². The highest BCUT2D eigenvalue weighted by molar-refractivity contribution is 5.84. The molecule has 22 heavy (non-hydrogen) atoms. The van der Waals surface area contributed by atoms with Crippen molar-refractivity contribution in [1.29, 1.82) is 0 Å². The molecule has 0 radical (unpaired) electrons. The average Bonchev–Trinajstić information content (AvgIpc) is 2.91. The molecule has 2 aromatic rings. The molecule has 1 unspecified atom stereocenters. The molecule has 0 saturated carbocycles. The zero-order valence-electron chi connectivity index (χ0n) is 13.0. The van der Waals surface area contributed by atoms with Crippen LogP contribution in [-0.2, 0) is 18.4 Å². The maximum absolute atomic E-state index is 12.1. The highest BCUT2D eigenvalue weighted by Crippen LogP contribution is 2.22. The number of nitrogens with zero attached hydrogens (tertiary/aromatic N) is 3. The number of piperazine rings is 2. The van der Waals surface area contributed by atoms with Gasteiger partial charge >= 0.3 is 0 Å². The van der Waals surface area contributed by atoms with E-state index in [1.54, 1.807) is 0 Å². The Morgan fingerprint density at radius 2 is 2.14 bits per heavy atom. The number of fused-ring (bicyclic) bond motifs is 2. The fourth-order valence-corrected chi connectivity index (χ4v) is 3.72. The lowest BCUT2D eigenvalue weighted by molar-refractivity contribution is -0.131. The van der Waals surface area contributed by atoms with Gasteiger partial charge in [-0.2, -0.15) is 0 Å². The minimum Gasteiger partial charge on any atom is -0.353 e. The Morgan fingerprint density at radius 3 is 3.05 bits per heavy atom. The number of carbonyl (C=O) groups is 1. The summed E-state index contributed by atoms with van der Waals surface area (Å²) in [6.07, 6.45) is 2.11. The molecule has 2 aliphatic heterocycles. The van der Waals surface area contributed by atoms with Crippen LogP contribution >= 0.6 is 0 Å². The molecule has 1 amide bonds. The van der Waals surface area contributed by atoms with E-state index in [2.05, 4.69) is 57.2 Å². The second-order valence-electron chi connectivity index (χ2n) is 6.35. The van der Waals surface area contributed by atoms with Crippen molar-refractivity contribution in [3.05, 3.63) is 36.0 Å². The van der Waals surface area contributed by atoms with Crippen LogP contribution in [0.1, 0.15) is 5.56 Å². The molecule has 0 aliphatic carbocycles. The fraction of sp³-hybridized carbons (Fsp3) is 0.471. The van der Waals surface area contributed by atoms with Crippen molar-refractivity contribution in [2.24, 2.45) is 7.05 Å². The quantitative estimate of drug-likeness (QED) is 0.891. The molecule has 2 aliphatic rings. The molecule has 1 aromatic heterocycles. The van der Waals surface area contributed by atoms with Gasteiger partial charge in [-0.3, -0.25) is 14.6 Å². The maximum Gasteiger partial charge on any atom is 0.238 e. The summed E-state index contributed by atoms with van der Waals surface area (Å²) < 4.78 is 2.16. The summed E-state index contributed by atoms with van der Waals surface area (Å²) in [5.74, 6) is 0.189. The molecule has 0 bridgehead atoms. The normalized spacial score (nSPS) is 23.5. The van der Waals surface area contributed by atoms with E-state index < -0.39 is 0 Å². The summed E-state index contributed by atoms with van der Waals surface area (Å²) in [5, 5.41) is 4.31. The third kappa shape index (κ3) is 2.30. The first-order chi connectivity index (χ1) is 10.7. The number of carbonyl (C=O) groups excluding carboxylic acids is 1. The average molecular weight is 298 g/mol. The van der Waals surface area contributed by atoms with E-state index in [9.17, 15) is 4.79 Å². The third-order valence-corrected chi connectivity index (χ3v) is 4.99. The Bertz CT molecular complexity index is 708. The number of aromatic nitrogens is 1. The van der Waals surface area contributed by atoms with Crippen LogP contribution in [0.3, 0.4) is 0 Å². The molecule has 116 valence electrons. The van der Waals surface area contributed by atoms with Gasteiger partial charge < -0.3 is 9.88 Å². The van der Waals surface area contributed by atoms with Crippen molar-refractivity contribution in [2.45, 2.75) is 12.6 Å². The van der Waals surface area contributed by atoms with E-state index in [0.29, 0.717) is 0 Å². The first kappa shape index (κ1) is 13.8. The minimum absolute atomic E-state index is 0.0254. The molecule has 2 saturated heterocycles. The van der Waals surface area contributed by atoms with E-state index in [1.165, 1.54) is 16.5 Å². The molecular formula is C17H22N4O. The van der Waals surface area contributed by atoms with Crippen molar-refractivity contribution >= 4 is 16.8 Å². The molecule has 5 heteroatoms.